The van der Waals surface area contributed by atoms with Gasteiger partial charge in [0.2, 0.25) is 0 Å². The maximum atomic E-state index is 13.7. The van der Waals surface area contributed by atoms with Crippen LogP contribution in [0.15, 0.2) is 36.4 Å². The lowest BCUT2D eigenvalue weighted by molar-refractivity contribution is 0.528. The van der Waals surface area contributed by atoms with Crippen LogP contribution in [0.3, 0.4) is 0 Å². The fourth-order valence-corrected chi connectivity index (χ4v) is 2.60. The van der Waals surface area contributed by atoms with E-state index < -0.39 is 0 Å². The second-order valence-corrected chi connectivity index (χ2v) is 5.64. The van der Waals surface area contributed by atoms with Crippen LogP contribution in [0, 0.1) is 5.82 Å². The van der Waals surface area contributed by atoms with Crippen molar-refractivity contribution in [3.8, 4) is 0 Å². The van der Waals surface area contributed by atoms with E-state index in [1.807, 2.05) is 6.92 Å². The van der Waals surface area contributed by atoms with E-state index in [1.54, 1.807) is 30.3 Å². The SMILES string of the molecule is C[C@@H](NCc1c(Cl)ccc(Cl)c1Cl)c1ccccc1F. The Hall–Kier alpha value is -0.800. The predicted octanol–water partition coefficient (Wildman–Crippen LogP) is 5.64. The lowest BCUT2D eigenvalue weighted by Crippen LogP contribution is -2.19. The lowest BCUT2D eigenvalue weighted by Gasteiger charge is -2.16. The summed E-state index contributed by atoms with van der Waals surface area (Å²) in [7, 11) is 0. The summed E-state index contributed by atoms with van der Waals surface area (Å²) in [5.74, 6) is -0.240. The van der Waals surface area contributed by atoms with E-state index in [9.17, 15) is 4.39 Å². The monoisotopic (exact) mass is 331 g/mol. The van der Waals surface area contributed by atoms with Gasteiger partial charge in [0, 0.05) is 28.7 Å². The van der Waals surface area contributed by atoms with Gasteiger partial charge in [0.05, 0.1) is 10.0 Å². The van der Waals surface area contributed by atoms with Crippen LogP contribution in [-0.2, 0) is 6.54 Å². The highest BCUT2D eigenvalue weighted by atomic mass is 35.5. The van der Waals surface area contributed by atoms with Crippen molar-refractivity contribution in [1.82, 2.24) is 5.32 Å². The van der Waals surface area contributed by atoms with Crippen molar-refractivity contribution in [2.24, 2.45) is 0 Å². The number of benzene rings is 2. The third-order valence-corrected chi connectivity index (χ3v) is 4.29. The van der Waals surface area contributed by atoms with Crippen molar-refractivity contribution < 1.29 is 4.39 Å². The molecule has 106 valence electrons. The molecule has 0 radical (unpaired) electrons. The van der Waals surface area contributed by atoms with Crippen molar-refractivity contribution in [3.05, 3.63) is 68.4 Å². The van der Waals surface area contributed by atoms with Gasteiger partial charge in [-0.3, -0.25) is 0 Å². The molecule has 0 amide bonds. The molecule has 0 heterocycles. The molecular formula is C15H13Cl3FN. The quantitative estimate of drug-likeness (QED) is 0.715. The zero-order valence-corrected chi connectivity index (χ0v) is 13.0. The molecule has 0 aliphatic carbocycles. The summed E-state index contributed by atoms with van der Waals surface area (Å²) in [6, 6.07) is 9.83. The Labute approximate surface area is 132 Å². The molecule has 0 saturated heterocycles. The Morgan fingerprint density at radius 2 is 1.70 bits per heavy atom. The van der Waals surface area contributed by atoms with Crippen LogP contribution in [-0.4, -0.2) is 0 Å². The lowest BCUT2D eigenvalue weighted by atomic mass is 10.1. The molecule has 2 rings (SSSR count). The molecule has 0 saturated carbocycles. The van der Waals surface area contributed by atoms with E-state index in [2.05, 4.69) is 5.32 Å². The Balaban J connectivity index is 2.14. The molecule has 1 N–H and O–H groups in total. The number of nitrogens with one attached hydrogen (secondary N) is 1. The summed E-state index contributed by atoms with van der Waals surface area (Å²) >= 11 is 18.2. The minimum absolute atomic E-state index is 0.165. The van der Waals surface area contributed by atoms with Crippen molar-refractivity contribution in [1.29, 1.82) is 0 Å². The van der Waals surface area contributed by atoms with Crippen LogP contribution in [0.4, 0.5) is 4.39 Å². The molecule has 0 bridgehead atoms. The maximum absolute atomic E-state index is 13.7. The number of halogens is 4. The number of rotatable bonds is 4. The van der Waals surface area contributed by atoms with E-state index in [0.717, 1.165) is 0 Å². The summed E-state index contributed by atoms with van der Waals surface area (Å²) in [6.07, 6.45) is 0. The first-order chi connectivity index (χ1) is 9.50. The molecule has 2 aromatic rings. The van der Waals surface area contributed by atoms with Gasteiger partial charge in [0.15, 0.2) is 0 Å². The molecule has 0 unspecified atom stereocenters. The number of hydrogen-bond acceptors (Lipinski definition) is 1. The number of hydrogen-bond donors (Lipinski definition) is 1. The molecule has 5 heteroatoms. The molecule has 20 heavy (non-hydrogen) atoms. The maximum Gasteiger partial charge on any atom is 0.127 e. The fourth-order valence-electron chi connectivity index (χ4n) is 1.92. The second-order valence-electron chi connectivity index (χ2n) is 4.45. The first-order valence-electron chi connectivity index (χ1n) is 6.11. The van der Waals surface area contributed by atoms with Gasteiger partial charge in [0.25, 0.3) is 0 Å². The third-order valence-electron chi connectivity index (χ3n) is 3.10. The minimum Gasteiger partial charge on any atom is -0.306 e. The molecule has 1 nitrogen and oxygen atoms in total. The zero-order chi connectivity index (χ0) is 14.7. The van der Waals surface area contributed by atoms with E-state index in [4.69, 9.17) is 34.8 Å². The Morgan fingerprint density at radius 1 is 1.05 bits per heavy atom. The molecule has 0 fully saturated rings. The van der Waals surface area contributed by atoms with Gasteiger partial charge in [0.1, 0.15) is 5.82 Å². The highest BCUT2D eigenvalue weighted by Gasteiger charge is 2.13. The van der Waals surface area contributed by atoms with Crippen LogP contribution < -0.4 is 5.32 Å². The predicted molar refractivity (Wildman–Crippen MR) is 83.1 cm³/mol. The van der Waals surface area contributed by atoms with E-state index in [1.165, 1.54) is 6.07 Å². The summed E-state index contributed by atoms with van der Waals surface area (Å²) in [6.45, 7) is 2.29. The normalized spacial score (nSPS) is 12.4. The van der Waals surface area contributed by atoms with Crippen LogP contribution >= 0.6 is 34.8 Å². The van der Waals surface area contributed by atoms with E-state index in [0.29, 0.717) is 32.7 Å². The first-order valence-corrected chi connectivity index (χ1v) is 7.24. The van der Waals surface area contributed by atoms with E-state index >= 15 is 0 Å². The zero-order valence-electron chi connectivity index (χ0n) is 10.8. The standard InChI is InChI=1S/C15H13Cl3FN/c1-9(10-4-2-3-5-14(10)19)20-8-11-12(16)6-7-13(17)15(11)18/h2-7,9,20H,8H2,1H3/t9-/m1/s1. The first kappa shape index (κ1) is 15.6. The van der Waals surface area contributed by atoms with Crippen LogP contribution in [0.25, 0.3) is 0 Å². The van der Waals surface area contributed by atoms with Gasteiger partial charge in [-0.2, -0.15) is 0 Å². The highest BCUT2D eigenvalue weighted by Crippen LogP contribution is 2.31. The molecule has 0 aliphatic heterocycles. The van der Waals surface area contributed by atoms with Crippen molar-refractivity contribution >= 4 is 34.8 Å². The van der Waals surface area contributed by atoms with Crippen molar-refractivity contribution in [2.75, 3.05) is 0 Å². The Bertz CT molecular complexity index is 616. The van der Waals surface area contributed by atoms with Gasteiger partial charge in [-0.25, -0.2) is 4.39 Å². The van der Waals surface area contributed by atoms with Gasteiger partial charge < -0.3 is 5.32 Å². The smallest absolute Gasteiger partial charge is 0.127 e. The largest absolute Gasteiger partial charge is 0.306 e. The summed E-state index contributed by atoms with van der Waals surface area (Å²) in [5.41, 5.74) is 1.31. The summed E-state index contributed by atoms with van der Waals surface area (Å²) in [4.78, 5) is 0. The van der Waals surface area contributed by atoms with Gasteiger partial charge >= 0.3 is 0 Å². The highest BCUT2D eigenvalue weighted by molar-refractivity contribution is 6.44. The Kier molecular flexibility index (Phi) is 5.28. The van der Waals surface area contributed by atoms with Gasteiger partial charge in [-0.05, 0) is 25.1 Å². The average molecular weight is 333 g/mol. The fraction of sp³-hybridized carbons (Fsp3) is 0.200. The molecule has 2 aromatic carbocycles. The third kappa shape index (κ3) is 3.44. The molecule has 0 spiro atoms. The summed E-state index contributed by atoms with van der Waals surface area (Å²) < 4.78 is 13.7. The molecule has 0 aromatic heterocycles. The molecular weight excluding hydrogens is 320 g/mol. The average Bonchev–Trinajstić information content (AvgIpc) is 2.43. The molecule has 0 aliphatic rings. The van der Waals surface area contributed by atoms with Gasteiger partial charge in [-0.1, -0.05) is 53.0 Å². The topological polar surface area (TPSA) is 12.0 Å². The van der Waals surface area contributed by atoms with Crippen LogP contribution in [0.2, 0.25) is 15.1 Å². The summed E-state index contributed by atoms with van der Waals surface area (Å²) in [5, 5.41) is 4.61. The van der Waals surface area contributed by atoms with Crippen LogP contribution in [0.1, 0.15) is 24.1 Å². The second kappa shape index (κ2) is 6.77. The minimum atomic E-state index is -0.240. The Morgan fingerprint density at radius 3 is 2.40 bits per heavy atom. The van der Waals surface area contributed by atoms with Crippen LogP contribution in [0.5, 0.6) is 0 Å². The van der Waals surface area contributed by atoms with Crippen molar-refractivity contribution in [3.63, 3.8) is 0 Å². The van der Waals surface area contributed by atoms with E-state index in [-0.39, 0.29) is 11.9 Å². The molecule has 1 atom stereocenters. The van der Waals surface area contributed by atoms with Gasteiger partial charge in [-0.15, -0.1) is 0 Å². The van der Waals surface area contributed by atoms with Crippen molar-refractivity contribution in [2.45, 2.75) is 19.5 Å².